The number of hydrogen-bond acceptors (Lipinski definition) is 2. The van der Waals surface area contributed by atoms with E-state index in [1.807, 2.05) is 38.1 Å². The summed E-state index contributed by atoms with van der Waals surface area (Å²) in [4.78, 5) is 13.4. The van der Waals surface area contributed by atoms with E-state index in [9.17, 15) is 4.79 Å². The number of benzene rings is 1. The molecule has 0 aromatic heterocycles. The van der Waals surface area contributed by atoms with E-state index in [2.05, 4.69) is 13.8 Å². The standard InChI is InChI=1S/C14H20OS/c1-5-14(3,4)13(15)11-7-9-12(10-8-11)16-6-2/h7-10H,5-6H2,1-4H3. The van der Waals surface area contributed by atoms with Gasteiger partial charge in [-0.05, 0) is 24.3 Å². The Kier molecular flexibility index (Phi) is 4.60. The van der Waals surface area contributed by atoms with Crippen LogP contribution in [-0.4, -0.2) is 11.5 Å². The number of thioether (sulfide) groups is 1. The van der Waals surface area contributed by atoms with E-state index in [1.54, 1.807) is 11.8 Å². The Morgan fingerprint density at radius 1 is 1.19 bits per heavy atom. The molecule has 0 fully saturated rings. The van der Waals surface area contributed by atoms with Crippen LogP contribution in [0.2, 0.25) is 0 Å². The highest BCUT2D eigenvalue weighted by atomic mass is 32.2. The van der Waals surface area contributed by atoms with Crippen LogP contribution in [0.25, 0.3) is 0 Å². The van der Waals surface area contributed by atoms with Crippen LogP contribution in [0.1, 0.15) is 44.5 Å². The Morgan fingerprint density at radius 3 is 2.19 bits per heavy atom. The zero-order valence-electron chi connectivity index (χ0n) is 10.5. The molecular weight excluding hydrogens is 216 g/mol. The quantitative estimate of drug-likeness (QED) is 0.556. The Hall–Kier alpha value is -0.760. The van der Waals surface area contributed by atoms with Crippen molar-refractivity contribution >= 4 is 17.5 Å². The van der Waals surface area contributed by atoms with Crippen molar-refractivity contribution < 1.29 is 4.79 Å². The fourth-order valence-electron chi connectivity index (χ4n) is 1.42. The highest BCUT2D eigenvalue weighted by Gasteiger charge is 2.26. The zero-order valence-corrected chi connectivity index (χ0v) is 11.4. The first-order chi connectivity index (χ1) is 7.51. The van der Waals surface area contributed by atoms with E-state index >= 15 is 0 Å². The first-order valence-corrected chi connectivity index (χ1v) is 6.77. The van der Waals surface area contributed by atoms with Crippen LogP contribution in [0.4, 0.5) is 0 Å². The molecule has 0 saturated heterocycles. The molecule has 1 aromatic rings. The Bertz CT molecular complexity index is 352. The van der Waals surface area contributed by atoms with Crippen LogP contribution in [0.5, 0.6) is 0 Å². The monoisotopic (exact) mass is 236 g/mol. The van der Waals surface area contributed by atoms with Crippen molar-refractivity contribution in [2.45, 2.75) is 39.0 Å². The normalized spacial score (nSPS) is 11.5. The Balaban J connectivity index is 2.86. The molecule has 0 unspecified atom stereocenters. The molecule has 0 heterocycles. The zero-order chi connectivity index (χ0) is 12.2. The van der Waals surface area contributed by atoms with Crippen LogP contribution in [-0.2, 0) is 0 Å². The number of ketones is 1. The number of hydrogen-bond donors (Lipinski definition) is 0. The highest BCUT2D eigenvalue weighted by Crippen LogP contribution is 2.26. The molecule has 0 bridgehead atoms. The lowest BCUT2D eigenvalue weighted by molar-refractivity contribution is 0.0833. The first kappa shape index (κ1) is 13.3. The second kappa shape index (κ2) is 5.53. The molecule has 1 aromatic carbocycles. The number of carbonyl (C=O) groups is 1. The topological polar surface area (TPSA) is 17.1 Å². The molecule has 0 N–H and O–H groups in total. The van der Waals surface area contributed by atoms with Crippen molar-refractivity contribution in [3.05, 3.63) is 29.8 Å². The van der Waals surface area contributed by atoms with E-state index in [-0.39, 0.29) is 11.2 Å². The molecule has 0 aliphatic heterocycles. The summed E-state index contributed by atoms with van der Waals surface area (Å²) in [6.45, 7) is 8.19. The van der Waals surface area contributed by atoms with Crippen LogP contribution in [0, 0.1) is 5.41 Å². The Morgan fingerprint density at radius 2 is 1.75 bits per heavy atom. The van der Waals surface area contributed by atoms with E-state index in [1.165, 1.54) is 4.90 Å². The lowest BCUT2D eigenvalue weighted by atomic mass is 9.82. The summed E-state index contributed by atoms with van der Waals surface area (Å²) in [7, 11) is 0. The van der Waals surface area contributed by atoms with Crippen molar-refractivity contribution in [1.82, 2.24) is 0 Å². The van der Waals surface area contributed by atoms with Gasteiger partial charge in [-0.1, -0.05) is 39.8 Å². The number of rotatable bonds is 5. The van der Waals surface area contributed by atoms with E-state index in [4.69, 9.17) is 0 Å². The fourth-order valence-corrected chi connectivity index (χ4v) is 2.08. The van der Waals surface area contributed by atoms with Gasteiger partial charge in [-0.3, -0.25) is 4.79 Å². The number of carbonyl (C=O) groups excluding carboxylic acids is 1. The molecule has 0 aliphatic rings. The maximum Gasteiger partial charge on any atom is 0.168 e. The third kappa shape index (κ3) is 3.11. The van der Waals surface area contributed by atoms with Crippen molar-refractivity contribution in [2.24, 2.45) is 5.41 Å². The molecule has 16 heavy (non-hydrogen) atoms. The van der Waals surface area contributed by atoms with Gasteiger partial charge in [-0.15, -0.1) is 11.8 Å². The molecule has 0 saturated carbocycles. The lowest BCUT2D eigenvalue weighted by Crippen LogP contribution is -2.23. The second-order valence-electron chi connectivity index (χ2n) is 4.52. The molecule has 1 nitrogen and oxygen atoms in total. The van der Waals surface area contributed by atoms with Gasteiger partial charge >= 0.3 is 0 Å². The minimum Gasteiger partial charge on any atom is -0.294 e. The van der Waals surface area contributed by atoms with Crippen LogP contribution < -0.4 is 0 Å². The van der Waals surface area contributed by atoms with E-state index in [0.29, 0.717) is 0 Å². The van der Waals surface area contributed by atoms with Crippen molar-refractivity contribution in [1.29, 1.82) is 0 Å². The third-order valence-electron chi connectivity index (χ3n) is 2.93. The summed E-state index contributed by atoms with van der Waals surface area (Å²) in [5.74, 6) is 1.30. The molecule has 0 radical (unpaired) electrons. The fraction of sp³-hybridized carbons (Fsp3) is 0.500. The van der Waals surface area contributed by atoms with Crippen molar-refractivity contribution in [2.75, 3.05) is 5.75 Å². The molecule has 88 valence electrons. The summed E-state index contributed by atoms with van der Waals surface area (Å²) in [6.07, 6.45) is 0.872. The van der Waals surface area contributed by atoms with Gasteiger partial charge in [-0.25, -0.2) is 0 Å². The molecular formula is C14H20OS. The highest BCUT2D eigenvalue weighted by molar-refractivity contribution is 7.99. The third-order valence-corrected chi connectivity index (χ3v) is 3.82. The van der Waals surface area contributed by atoms with Crippen molar-refractivity contribution in [3.8, 4) is 0 Å². The molecule has 2 heteroatoms. The smallest absolute Gasteiger partial charge is 0.168 e. The largest absolute Gasteiger partial charge is 0.294 e. The maximum atomic E-state index is 12.2. The van der Waals surface area contributed by atoms with Gasteiger partial charge in [0.1, 0.15) is 0 Å². The van der Waals surface area contributed by atoms with Crippen molar-refractivity contribution in [3.63, 3.8) is 0 Å². The summed E-state index contributed by atoms with van der Waals surface area (Å²) < 4.78 is 0. The summed E-state index contributed by atoms with van der Waals surface area (Å²) in [6, 6.07) is 7.95. The van der Waals surface area contributed by atoms with E-state index in [0.717, 1.165) is 17.7 Å². The van der Waals surface area contributed by atoms with Gasteiger partial charge in [0, 0.05) is 15.9 Å². The van der Waals surface area contributed by atoms with Gasteiger partial charge in [0.05, 0.1) is 0 Å². The predicted molar refractivity (Wildman–Crippen MR) is 71.2 cm³/mol. The van der Waals surface area contributed by atoms with Gasteiger partial charge in [0.2, 0.25) is 0 Å². The van der Waals surface area contributed by atoms with Gasteiger partial charge in [-0.2, -0.15) is 0 Å². The Labute approximate surface area is 103 Å². The van der Waals surface area contributed by atoms with Crippen LogP contribution >= 0.6 is 11.8 Å². The average Bonchev–Trinajstić information content (AvgIpc) is 2.29. The summed E-state index contributed by atoms with van der Waals surface area (Å²) in [5, 5.41) is 0. The van der Waals surface area contributed by atoms with Gasteiger partial charge < -0.3 is 0 Å². The molecule has 0 atom stereocenters. The lowest BCUT2D eigenvalue weighted by Gasteiger charge is -2.20. The van der Waals surface area contributed by atoms with Crippen LogP contribution in [0.15, 0.2) is 29.2 Å². The van der Waals surface area contributed by atoms with Crippen LogP contribution in [0.3, 0.4) is 0 Å². The van der Waals surface area contributed by atoms with Gasteiger partial charge in [0.15, 0.2) is 5.78 Å². The molecule has 0 aliphatic carbocycles. The minimum atomic E-state index is -0.251. The minimum absolute atomic E-state index is 0.239. The van der Waals surface area contributed by atoms with E-state index < -0.39 is 0 Å². The number of Topliss-reactive ketones (excluding diaryl/α,β-unsaturated/α-hetero) is 1. The molecule has 1 rings (SSSR count). The molecule has 0 amide bonds. The first-order valence-electron chi connectivity index (χ1n) is 5.79. The SMILES string of the molecule is CCSc1ccc(C(=O)C(C)(C)CC)cc1. The van der Waals surface area contributed by atoms with Gasteiger partial charge in [0.25, 0.3) is 0 Å². The second-order valence-corrected chi connectivity index (χ2v) is 5.86. The summed E-state index contributed by atoms with van der Waals surface area (Å²) >= 11 is 1.80. The maximum absolute atomic E-state index is 12.2. The average molecular weight is 236 g/mol. The summed E-state index contributed by atoms with van der Waals surface area (Å²) in [5.41, 5.74) is 0.576. The predicted octanol–water partition coefficient (Wildman–Crippen LogP) is 4.42. The molecule has 0 spiro atoms.